The predicted octanol–water partition coefficient (Wildman–Crippen LogP) is 3.17. The van der Waals surface area contributed by atoms with E-state index in [9.17, 15) is 0 Å². The van der Waals surface area contributed by atoms with Crippen molar-refractivity contribution in [3.63, 3.8) is 0 Å². The first-order valence-electron chi connectivity index (χ1n) is 5.64. The van der Waals surface area contributed by atoms with Crippen molar-refractivity contribution in [2.75, 3.05) is 20.1 Å². The molecule has 1 atom stereocenters. The zero-order valence-electron chi connectivity index (χ0n) is 10.2. The van der Waals surface area contributed by atoms with Gasteiger partial charge in [-0.25, -0.2) is 0 Å². The molecule has 0 fully saturated rings. The molecule has 1 rings (SSSR count). The van der Waals surface area contributed by atoms with Crippen LogP contribution in [0.25, 0.3) is 0 Å². The van der Waals surface area contributed by atoms with Crippen LogP contribution in [0, 0.1) is 11.8 Å². The maximum atomic E-state index is 5.79. The van der Waals surface area contributed by atoms with Crippen LogP contribution in [0.5, 0.6) is 0 Å². The van der Waals surface area contributed by atoms with Gasteiger partial charge in [0.1, 0.15) is 0 Å². The van der Waals surface area contributed by atoms with E-state index < -0.39 is 0 Å². The minimum Gasteiger partial charge on any atom is -0.330 e. The summed E-state index contributed by atoms with van der Waals surface area (Å²) in [7, 11) is 2.16. The lowest BCUT2D eigenvalue weighted by Crippen LogP contribution is -2.32. The Labute approximate surface area is 111 Å². The molecule has 0 saturated heterocycles. The molecule has 0 aliphatic carbocycles. The summed E-state index contributed by atoms with van der Waals surface area (Å²) in [6, 6.07) is 2.19. The number of rotatable bonds is 6. The average molecular weight is 305 g/mol. The fourth-order valence-corrected chi connectivity index (χ4v) is 2.96. The molecule has 0 aromatic carbocycles. The van der Waals surface area contributed by atoms with Crippen LogP contribution < -0.4 is 5.73 Å². The van der Waals surface area contributed by atoms with Gasteiger partial charge in [0.2, 0.25) is 0 Å². The van der Waals surface area contributed by atoms with Gasteiger partial charge in [0, 0.05) is 13.1 Å². The molecule has 16 heavy (non-hydrogen) atoms. The highest BCUT2D eigenvalue weighted by Gasteiger charge is 2.14. The molecule has 0 spiro atoms. The Balaban J connectivity index is 2.43. The minimum atomic E-state index is 0.590. The standard InChI is InChI=1S/C12H21BrN2S/c1-9(2)11(5-14)7-15(3)6-10-4-12(13)16-8-10/h4,8-9,11H,5-7,14H2,1-3H3. The summed E-state index contributed by atoms with van der Waals surface area (Å²) in [5, 5.41) is 2.20. The number of hydrogen-bond donors (Lipinski definition) is 1. The zero-order chi connectivity index (χ0) is 12.1. The highest BCUT2D eigenvalue weighted by atomic mass is 79.9. The number of halogens is 1. The first-order chi connectivity index (χ1) is 7.52. The molecule has 0 saturated carbocycles. The maximum absolute atomic E-state index is 5.79. The lowest BCUT2D eigenvalue weighted by molar-refractivity contribution is 0.234. The highest BCUT2D eigenvalue weighted by molar-refractivity contribution is 9.11. The van der Waals surface area contributed by atoms with Crippen molar-refractivity contribution in [1.29, 1.82) is 0 Å². The van der Waals surface area contributed by atoms with E-state index in [1.807, 2.05) is 0 Å². The summed E-state index contributed by atoms with van der Waals surface area (Å²) in [6.45, 7) is 7.33. The third kappa shape index (κ3) is 4.53. The number of thiophene rings is 1. The summed E-state index contributed by atoms with van der Waals surface area (Å²) in [5.74, 6) is 1.24. The van der Waals surface area contributed by atoms with E-state index in [4.69, 9.17) is 5.73 Å². The van der Waals surface area contributed by atoms with Crippen molar-refractivity contribution < 1.29 is 0 Å². The Morgan fingerprint density at radius 1 is 1.50 bits per heavy atom. The lowest BCUT2D eigenvalue weighted by Gasteiger charge is -2.25. The van der Waals surface area contributed by atoms with Gasteiger partial charge in [0.25, 0.3) is 0 Å². The van der Waals surface area contributed by atoms with Crippen LogP contribution in [0.3, 0.4) is 0 Å². The van der Waals surface area contributed by atoms with Crippen LogP contribution in [-0.2, 0) is 6.54 Å². The number of nitrogens with zero attached hydrogens (tertiary/aromatic N) is 1. The quantitative estimate of drug-likeness (QED) is 0.874. The second kappa shape index (κ2) is 6.74. The van der Waals surface area contributed by atoms with Gasteiger partial charge in [-0.05, 0) is 58.4 Å². The number of hydrogen-bond acceptors (Lipinski definition) is 3. The van der Waals surface area contributed by atoms with E-state index in [1.165, 1.54) is 9.35 Å². The minimum absolute atomic E-state index is 0.590. The highest BCUT2D eigenvalue weighted by Crippen LogP contribution is 2.22. The molecule has 1 aromatic rings. The fourth-order valence-electron chi connectivity index (χ4n) is 1.76. The molecule has 1 heterocycles. The summed E-state index contributed by atoms with van der Waals surface area (Å²) < 4.78 is 1.20. The molecule has 1 unspecified atom stereocenters. The summed E-state index contributed by atoms with van der Waals surface area (Å²) >= 11 is 5.23. The van der Waals surface area contributed by atoms with Crippen LogP contribution in [0.4, 0.5) is 0 Å². The van der Waals surface area contributed by atoms with Crippen molar-refractivity contribution in [2.45, 2.75) is 20.4 Å². The zero-order valence-corrected chi connectivity index (χ0v) is 12.6. The van der Waals surface area contributed by atoms with Gasteiger partial charge in [-0.3, -0.25) is 0 Å². The first-order valence-corrected chi connectivity index (χ1v) is 7.31. The van der Waals surface area contributed by atoms with Gasteiger partial charge in [-0.15, -0.1) is 11.3 Å². The topological polar surface area (TPSA) is 29.3 Å². The third-order valence-electron chi connectivity index (χ3n) is 2.87. The van der Waals surface area contributed by atoms with E-state index in [-0.39, 0.29) is 0 Å². The molecule has 92 valence electrons. The molecule has 0 aliphatic heterocycles. The normalized spacial score (nSPS) is 13.7. The Morgan fingerprint density at radius 2 is 2.19 bits per heavy atom. The summed E-state index contributed by atoms with van der Waals surface area (Å²) in [6.07, 6.45) is 0. The van der Waals surface area contributed by atoms with Crippen molar-refractivity contribution >= 4 is 27.3 Å². The third-order valence-corrected chi connectivity index (χ3v) is 4.42. The first kappa shape index (κ1) is 14.2. The Bertz CT molecular complexity index is 312. The van der Waals surface area contributed by atoms with Crippen LogP contribution in [-0.4, -0.2) is 25.0 Å². The summed E-state index contributed by atoms with van der Waals surface area (Å²) in [5.41, 5.74) is 7.16. The largest absolute Gasteiger partial charge is 0.330 e. The molecule has 0 aliphatic rings. The maximum Gasteiger partial charge on any atom is 0.0701 e. The van der Waals surface area contributed by atoms with Gasteiger partial charge in [-0.2, -0.15) is 0 Å². The molecule has 2 nitrogen and oxygen atoms in total. The lowest BCUT2D eigenvalue weighted by atomic mass is 9.95. The number of nitrogens with two attached hydrogens (primary N) is 1. The second-order valence-electron chi connectivity index (χ2n) is 4.70. The van der Waals surface area contributed by atoms with Crippen LogP contribution in [0.15, 0.2) is 15.2 Å². The SMILES string of the molecule is CC(C)C(CN)CN(C)Cc1csc(Br)c1. The van der Waals surface area contributed by atoms with Crippen LogP contribution >= 0.6 is 27.3 Å². The van der Waals surface area contributed by atoms with E-state index >= 15 is 0 Å². The van der Waals surface area contributed by atoms with Gasteiger partial charge < -0.3 is 10.6 Å². The average Bonchev–Trinajstić information content (AvgIpc) is 2.60. The monoisotopic (exact) mass is 304 g/mol. The van der Waals surface area contributed by atoms with Gasteiger partial charge in [0.05, 0.1) is 3.79 Å². The van der Waals surface area contributed by atoms with Gasteiger partial charge in [0.15, 0.2) is 0 Å². The van der Waals surface area contributed by atoms with Crippen LogP contribution in [0.2, 0.25) is 0 Å². The van der Waals surface area contributed by atoms with E-state index in [0.717, 1.165) is 19.6 Å². The van der Waals surface area contributed by atoms with E-state index in [0.29, 0.717) is 11.8 Å². The van der Waals surface area contributed by atoms with Crippen LogP contribution in [0.1, 0.15) is 19.4 Å². The second-order valence-corrected chi connectivity index (χ2v) is 6.99. The van der Waals surface area contributed by atoms with Gasteiger partial charge in [-0.1, -0.05) is 13.8 Å². The van der Waals surface area contributed by atoms with Crippen molar-refractivity contribution in [2.24, 2.45) is 17.6 Å². The Hall–Kier alpha value is 0.100. The molecule has 1 aromatic heterocycles. The molecule has 4 heteroatoms. The van der Waals surface area contributed by atoms with Crippen molar-refractivity contribution in [3.8, 4) is 0 Å². The Morgan fingerprint density at radius 3 is 2.62 bits per heavy atom. The van der Waals surface area contributed by atoms with Gasteiger partial charge >= 0.3 is 0 Å². The summed E-state index contributed by atoms with van der Waals surface area (Å²) in [4.78, 5) is 2.35. The smallest absolute Gasteiger partial charge is 0.0701 e. The Kier molecular flexibility index (Phi) is 5.97. The van der Waals surface area contributed by atoms with E-state index in [1.54, 1.807) is 11.3 Å². The van der Waals surface area contributed by atoms with Crippen molar-refractivity contribution in [1.82, 2.24) is 4.90 Å². The predicted molar refractivity (Wildman–Crippen MR) is 75.7 cm³/mol. The molecule has 2 N–H and O–H groups in total. The molecular weight excluding hydrogens is 284 g/mol. The molecule has 0 bridgehead atoms. The molecule has 0 amide bonds. The van der Waals surface area contributed by atoms with Crippen molar-refractivity contribution in [3.05, 3.63) is 20.8 Å². The molecular formula is C12H21BrN2S. The molecule has 0 radical (unpaired) electrons. The van der Waals surface area contributed by atoms with E-state index in [2.05, 4.69) is 53.2 Å². The fraction of sp³-hybridized carbons (Fsp3) is 0.667.